The molecule has 0 saturated carbocycles. The molecule has 0 saturated heterocycles. The van der Waals surface area contributed by atoms with Gasteiger partial charge in [0.25, 0.3) is 0 Å². The Balaban J connectivity index is 2.74. The number of rotatable bonds is 1. The van der Waals surface area contributed by atoms with Crippen LogP contribution in [0.4, 0.5) is 4.39 Å². The maximum atomic E-state index is 13.6. The van der Waals surface area contributed by atoms with E-state index < -0.39 is 0 Å². The van der Waals surface area contributed by atoms with E-state index in [1.165, 1.54) is 10.7 Å². The van der Waals surface area contributed by atoms with Crippen molar-refractivity contribution in [3.8, 4) is 17.3 Å². The Morgan fingerprint density at radius 2 is 2.17 bits per heavy atom. The zero-order chi connectivity index (χ0) is 13.4. The molecule has 1 heterocycles. The van der Waals surface area contributed by atoms with Gasteiger partial charge in [0.15, 0.2) is 5.69 Å². The third-order valence-electron chi connectivity index (χ3n) is 2.60. The highest BCUT2D eigenvalue weighted by Crippen LogP contribution is 2.36. The molecule has 1 aromatic heterocycles. The molecule has 0 aliphatic carbocycles. The lowest BCUT2D eigenvalue weighted by molar-refractivity contribution is 0.618. The summed E-state index contributed by atoms with van der Waals surface area (Å²) < 4.78 is 15.6. The standard InChI is InChI=1S/C12H8BrClFN3/c1-6-3-8(14)7(4-9(6)15)12-11(13)10(5-16)17-18(12)2/h3-4H,1-2H3. The molecule has 0 N–H and O–H groups in total. The second-order valence-corrected chi connectivity index (χ2v) is 5.03. The fourth-order valence-electron chi connectivity index (χ4n) is 1.69. The van der Waals surface area contributed by atoms with Crippen LogP contribution in [-0.2, 0) is 7.05 Å². The molecule has 0 atom stereocenters. The van der Waals surface area contributed by atoms with Gasteiger partial charge in [-0.05, 0) is 40.5 Å². The molecule has 3 nitrogen and oxygen atoms in total. The largest absolute Gasteiger partial charge is 0.265 e. The van der Waals surface area contributed by atoms with Crippen LogP contribution in [0, 0.1) is 24.1 Å². The van der Waals surface area contributed by atoms with Gasteiger partial charge in [0.05, 0.1) is 15.2 Å². The summed E-state index contributed by atoms with van der Waals surface area (Å²) in [5, 5.41) is 13.4. The number of benzene rings is 1. The summed E-state index contributed by atoms with van der Waals surface area (Å²) in [6, 6.07) is 4.86. The highest BCUT2D eigenvalue weighted by atomic mass is 79.9. The van der Waals surface area contributed by atoms with Crippen molar-refractivity contribution in [1.29, 1.82) is 5.26 Å². The van der Waals surface area contributed by atoms with Crippen LogP contribution in [0.15, 0.2) is 16.6 Å². The van der Waals surface area contributed by atoms with Crippen LogP contribution in [-0.4, -0.2) is 9.78 Å². The first-order valence-corrected chi connectivity index (χ1v) is 6.21. The van der Waals surface area contributed by atoms with Gasteiger partial charge in [0, 0.05) is 12.6 Å². The van der Waals surface area contributed by atoms with E-state index in [4.69, 9.17) is 16.9 Å². The summed E-state index contributed by atoms with van der Waals surface area (Å²) in [6.07, 6.45) is 0. The molecule has 92 valence electrons. The first-order chi connectivity index (χ1) is 8.45. The van der Waals surface area contributed by atoms with E-state index in [0.29, 0.717) is 26.3 Å². The molecule has 0 radical (unpaired) electrons. The van der Waals surface area contributed by atoms with Gasteiger partial charge in [-0.2, -0.15) is 10.4 Å². The van der Waals surface area contributed by atoms with Crippen molar-refractivity contribution in [2.75, 3.05) is 0 Å². The van der Waals surface area contributed by atoms with E-state index in [1.807, 2.05) is 6.07 Å². The molecular weight excluding hydrogens is 321 g/mol. The molecule has 6 heteroatoms. The zero-order valence-electron chi connectivity index (χ0n) is 9.63. The van der Waals surface area contributed by atoms with Gasteiger partial charge in [-0.1, -0.05) is 11.6 Å². The lowest BCUT2D eigenvalue weighted by atomic mass is 10.1. The molecular formula is C12H8BrClFN3. The molecule has 0 spiro atoms. The van der Waals surface area contributed by atoms with Gasteiger partial charge in [-0.3, -0.25) is 4.68 Å². The number of nitrogens with zero attached hydrogens (tertiary/aromatic N) is 3. The minimum atomic E-state index is -0.346. The predicted octanol–water partition coefficient (Wildman–Crippen LogP) is 3.82. The van der Waals surface area contributed by atoms with Gasteiger partial charge in [0.1, 0.15) is 11.9 Å². The summed E-state index contributed by atoms with van der Waals surface area (Å²) >= 11 is 9.41. The van der Waals surface area contributed by atoms with Gasteiger partial charge in [-0.15, -0.1) is 0 Å². The van der Waals surface area contributed by atoms with E-state index in [1.54, 1.807) is 20.0 Å². The maximum Gasteiger partial charge on any atom is 0.177 e. The summed E-state index contributed by atoms with van der Waals surface area (Å²) in [5.41, 5.74) is 1.80. The molecule has 0 amide bonds. The molecule has 0 bridgehead atoms. The van der Waals surface area contributed by atoms with Crippen molar-refractivity contribution >= 4 is 27.5 Å². The van der Waals surface area contributed by atoms with E-state index >= 15 is 0 Å². The summed E-state index contributed by atoms with van der Waals surface area (Å²) in [5.74, 6) is -0.346. The molecule has 0 aliphatic rings. The van der Waals surface area contributed by atoms with Gasteiger partial charge >= 0.3 is 0 Å². The number of aromatic nitrogens is 2. The van der Waals surface area contributed by atoms with Gasteiger partial charge in [-0.25, -0.2) is 4.39 Å². The lowest BCUT2D eigenvalue weighted by Gasteiger charge is -2.07. The van der Waals surface area contributed by atoms with Crippen molar-refractivity contribution in [2.45, 2.75) is 6.92 Å². The average molecular weight is 329 g/mol. The quantitative estimate of drug-likeness (QED) is 0.798. The predicted molar refractivity (Wildman–Crippen MR) is 70.8 cm³/mol. The number of hydrogen-bond acceptors (Lipinski definition) is 2. The Labute approximate surface area is 117 Å². The summed E-state index contributed by atoms with van der Waals surface area (Å²) in [6.45, 7) is 1.64. The normalized spacial score (nSPS) is 10.4. The fourth-order valence-corrected chi connectivity index (χ4v) is 2.64. The maximum absolute atomic E-state index is 13.6. The summed E-state index contributed by atoms with van der Waals surface area (Å²) in [7, 11) is 1.68. The topological polar surface area (TPSA) is 41.6 Å². The van der Waals surface area contributed by atoms with Crippen molar-refractivity contribution in [3.63, 3.8) is 0 Å². The number of nitriles is 1. The Hall–Kier alpha value is -1.38. The van der Waals surface area contributed by atoms with Crippen LogP contribution in [0.25, 0.3) is 11.3 Å². The second-order valence-electron chi connectivity index (χ2n) is 3.83. The smallest absolute Gasteiger partial charge is 0.177 e. The minimum Gasteiger partial charge on any atom is -0.265 e. The van der Waals surface area contributed by atoms with Crippen LogP contribution < -0.4 is 0 Å². The van der Waals surface area contributed by atoms with Crippen molar-refractivity contribution in [1.82, 2.24) is 9.78 Å². The van der Waals surface area contributed by atoms with Gasteiger partial charge < -0.3 is 0 Å². The van der Waals surface area contributed by atoms with Crippen molar-refractivity contribution < 1.29 is 4.39 Å². The fraction of sp³-hybridized carbons (Fsp3) is 0.167. The first-order valence-electron chi connectivity index (χ1n) is 5.04. The van der Waals surface area contributed by atoms with Crippen LogP contribution in [0.3, 0.4) is 0 Å². The zero-order valence-corrected chi connectivity index (χ0v) is 12.0. The molecule has 0 aliphatic heterocycles. The van der Waals surface area contributed by atoms with Crippen LogP contribution >= 0.6 is 27.5 Å². The number of halogens is 3. The monoisotopic (exact) mass is 327 g/mol. The molecule has 2 aromatic rings. The molecule has 1 aromatic carbocycles. The van der Waals surface area contributed by atoms with Crippen molar-refractivity contribution in [3.05, 3.63) is 38.7 Å². The lowest BCUT2D eigenvalue weighted by Crippen LogP contribution is -1.96. The summed E-state index contributed by atoms with van der Waals surface area (Å²) in [4.78, 5) is 0. The second kappa shape index (κ2) is 4.71. The van der Waals surface area contributed by atoms with E-state index in [9.17, 15) is 4.39 Å². The highest BCUT2D eigenvalue weighted by Gasteiger charge is 2.18. The third-order valence-corrected chi connectivity index (χ3v) is 3.66. The average Bonchev–Trinajstić information content (AvgIpc) is 2.59. The van der Waals surface area contributed by atoms with E-state index in [0.717, 1.165) is 0 Å². The molecule has 0 fully saturated rings. The Bertz CT molecular complexity index is 673. The molecule has 18 heavy (non-hydrogen) atoms. The number of hydrogen-bond donors (Lipinski definition) is 0. The molecule has 0 unspecified atom stereocenters. The molecule has 2 rings (SSSR count). The first kappa shape index (κ1) is 13.1. The van der Waals surface area contributed by atoms with E-state index in [2.05, 4.69) is 21.0 Å². The van der Waals surface area contributed by atoms with Crippen LogP contribution in [0.1, 0.15) is 11.3 Å². The van der Waals surface area contributed by atoms with Crippen LogP contribution in [0.5, 0.6) is 0 Å². The highest BCUT2D eigenvalue weighted by molar-refractivity contribution is 9.10. The van der Waals surface area contributed by atoms with Gasteiger partial charge in [0.2, 0.25) is 0 Å². The van der Waals surface area contributed by atoms with Crippen molar-refractivity contribution in [2.24, 2.45) is 7.05 Å². The van der Waals surface area contributed by atoms with Crippen LogP contribution in [0.2, 0.25) is 5.02 Å². The third kappa shape index (κ3) is 2.02. The number of aryl methyl sites for hydroxylation is 2. The Morgan fingerprint density at radius 1 is 1.50 bits per heavy atom. The minimum absolute atomic E-state index is 0.240. The van der Waals surface area contributed by atoms with E-state index in [-0.39, 0.29) is 11.5 Å². The SMILES string of the molecule is Cc1cc(Cl)c(-c2c(Br)c(C#N)nn2C)cc1F. The Kier molecular flexibility index (Phi) is 3.42. The Morgan fingerprint density at radius 3 is 2.72 bits per heavy atom.